The quantitative estimate of drug-likeness (QED) is 0.291. The third kappa shape index (κ3) is 4.62. The summed E-state index contributed by atoms with van der Waals surface area (Å²) in [5.41, 5.74) is 2.93. The van der Waals surface area contributed by atoms with E-state index in [9.17, 15) is 0 Å². The average molecular weight is 519 g/mol. The zero-order valence-electron chi connectivity index (χ0n) is 18.2. The zero-order valence-corrected chi connectivity index (χ0v) is 20.6. The van der Waals surface area contributed by atoms with Crippen molar-refractivity contribution >= 4 is 34.2 Å². The normalized spacial score (nSPS) is 21.7. The zero-order chi connectivity index (χ0) is 22.7. The molecule has 2 aromatic heterocycles. The van der Waals surface area contributed by atoms with Crippen LogP contribution in [-0.2, 0) is 24.3 Å². The van der Waals surface area contributed by atoms with E-state index in [-0.39, 0.29) is 6.47 Å². The minimum absolute atomic E-state index is 0.250. The number of fused-ring (bicyclic) bond motifs is 1. The highest BCUT2D eigenvalue weighted by molar-refractivity contribution is 9.10. The van der Waals surface area contributed by atoms with Crippen molar-refractivity contribution in [2.24, 2.45) is 20.0 Å². The Morgan fingerprint density at radius 2 is 2.00 bits per heavy atom. The molecule has 5 rings (SSSR count). The van der Waals surface area contributed by atoms with E-state index >= 15 is 0 Å². The summed E-state index contributed by atoms with van der Waals surface area (Å²) in [6, 6.07) is 10.9. The summed E-state index contributed by atoms with van der Waals surface area (Å²) in [6.45, 7) is 3.36. The fourth-order valence-corrected chi connectivity index (χ4v) is 5.79. The summed E-state index contributed by atoms with van der Waals surface area (Å²) in [5.74, 6) is 2.77. The van der Waals surface area contributed by atoms with Crippen LogP contribution in [0.5, 0.6) is 0 Å². The molecule has 170 valence electrons. The Bertz CT molecular complexity index is 1070. The van der Waals surface area contributed by atoms with Gasteiger partial charge in [0.05, 0.1) is 0 Å². The number of hydrogen-bond acceptors (Lipinski definition) is 6. The van der Waals surface area contributed by atoms with Gasteiger partial charge in [0.1, 0.15) is 5.69 Å². The molecule has 0 radical (unpaired) electrons. The monoisotopic (exact) mass is 518 g/mol. The number of likely N-dealkylation sites (tertiary alicyclic amines) is 1. The molecule has 1 saturated carbocycles. The predicted octanol–water partition coefficient (Wildman–Crippen LogP) is 3.43. The molecular weight excluding hydrogens is 492 g/mol. The molecule has 0 bridgehead atoms. The third-order valence-electron chi connectivity index (χ3n) is 6.37. The van der Waals surface area contributed by atoms with Gasteiger partial charge in [-0.1, -0.05) is 39.8 Å². The fourth-order valence-electron chi connectivity index (χ4n) is 4.69. The van der Waals surface area contributed by atoms with Gasteiger partial charge in [0, 0.05) is 49.0 Å². The van der Waals surface area contributed by atoms with Crippen LogP contribution in [0.1, 0.15) is 18.4 Å². The molecule has 3 aromatic rings. The van der Waals surface area contributed by atoms with Crippen molar-refractivity contribution in [1.82, 2.24) is 29.4 Å². The van der Waals surface area contributed by atoms with Gasteiger partial charge in [0.25, 0.3) is 6.47 Å². The Morgan fingerprint density at radius 3 is 2.69 bits per heavy atom. The standard InChI is InChI=1S/C21H25BrN6S.CH2O2/c1-26-19(18-8-9-23-27(18)2)24-25-20(26)29-11-3-10-28-13-16-12-21(16,14-28)15-4-6-17(22)7-5-15;2-1-3/h4-9,16H,3,10-14H2,1-2H3;1H,(H,2,3)/t16-,21?;/m0./s1. The molecule has 1 N–H and O–H groups in total. The minimum atomic E-state index is -0.250. The average Bonchev–Trinajstić information content (AvgIpc) is 3.07. The number of carbonyl (C=O) groups is 1. The molecule has 1 saturated heterocycles. The Hall–Kier alpha value is -2.17. The minimum Gasteiger partial charge on any atom is -0.483 e. The van der Waals surface area contributed by atoms with Crippen LogP contribution < -0.4 is 0 Å². The second-order valence-corrected chi connectivity index (χ2v) is 10.3. The lowest BCUT2D eigenvalue weighted by atomic mass is 9.95. The molecule has 0 spiro atoms. The Labute approximate surface area is 200 Å². The maximum Gasteiger partial charge on any atom is 0.290 e. The molecule has 1 unspecified atom stereocenters. The van der Waals surface area contributed by atoms with E-state index in [0.29, 0.717) is 5.41 Å². The molecule has 2 fully saturated rings. The van der Waals surface area contributed by atoms with Gasteiger partial charge in [0.15, 0.2) is 11.0 Å². The maximum absolute atomic E-state index is 8.36. The summed E-state index contributed by atoms with van der Waals surface area (Å²) in [4.78, 5) is 11.0. The van der Waals surface area contributed by atoms with Crippen molar-refractivity contribution in [3.05, 3.63) is 46.6 Å². The summed E-state index contributed by atoms with van der Waals surface area (Å²) < 4.78 is 5.06. The Kier molecular flexibility index (Phi) is 7.02. The van der Waals surface area contributed by atoms with Gasteiger partial charge in [0.2, 0.25) is 0 Å². The molecule has 0 amide bonds. The van der Waals surface area contributed by atoms with E-state index < -0.39 is 0 Å². The second kappa shape index (κ2) is 9.76. The topological polar surface area (TPSA) is 89.1 Å². The van der Waals surface area contributed by atoms with Crippen LogP contribution in [0.4, 0.5) is 0 Å². The lowest BCUT2D eigenvalue weighted by molar-refractivity contribution is -0.122. The summed E-state index contributed by atoms with van der Waals surface area (Å²) in [5, 5.41) is 20.8. The molecule has 10 heteroatoms. The van der Waals surface area contributed by atoms with E-state index in [2.05, 4.69) is 65.0 Å². The van der Waals surface area contributed by atoms with Crippen LogP contribution in [0.2, 0.25) is 0 Å². The van der Waals surface area contributed by atoms with Gasteiger partial charge in [-0.3, -0.25) is 9.48 Å². The highest BCUT2D eigenvalue weighted by Gasteiger charge is 2.60. The molecule has 8 nitrogen and oxygen atoms in total. The number of aromatic nitrogens is 5. The number of hydrogen-bond donors (Lipinski definition) is 1. The highest BCUT2D eigenvalue weighted by atomic mass is 79.9. The molecule has 2 aliphatic rings. The van der Waals surface area contributed by atoms with Gasteiger partial charge >= 0.3 is 0 Å². The van der Waals surface area contributed by atoms with Gasteiger partial charge < -0.3 is 14.6 Å². The summed E-state index contributed by atoms with van der Waals surface area (Å²) >= 11 is 5.34. The number of rotatable bonds is 7. The van der Waals surface area contributed by atoms with E-state index in [1.807, 2.05) is 24.8 Å². The first kappa shape index (κ1) is 23.0. The summed E-state index contributed by atoms with van der Waals surface area (Å²) in [6.07, 6.45) is 4.32. The lowest BCUT2D eigenvalue weighted by Gasteiger charge is -2.21. The van der Waals surface area contributed by atoms with E-state index in [1.165, 1.54) is 31.5 Å². The van der Waals surface area contributed by atoms with Crippen molar-refractivity contribution in [3.63, 3.8) is 0 Å². The molecule has 32 heavy (non-hydrogen) atoms. The molecular formula is C22H27BrN6O2S. The fraction of sp³-hybridized carbons (Fsp3) is 0.455. The number of piperidine rings is 1. The highest BCUT2D eigenvalue weighted by Crippen LogP contribution is 2.59. The molecule has 3 heterocycles. The van der Waals surface area contributed by atoms with E-state index in [0.717, 1.165) is 39.4 Å². The van der Waals surface area contributed by atoms with Crippen LogP contribution >= 0.6 is 27.7 Å². The van der Waals surface area contributed by atoms with Crippen molar-refractivity contribution in [3.8, 4) is 11.5 Å². The van der Waals surface area contributed by atoms with Crippen LogP contribution in [0.3, 0.4) is 0 Å². The van der Waals surface area contributed by atoms with Crippen LogP contribution in [0.25, 0.3) is 11.5 Å². The number of benzene rings is 1. The first-order valence-electron chi connectivity index (χ1n) is 10.6. The van der Waals surface area contributed by atoms with Crippen LogP contribution in [0, 0.1) is 5.92 Å². The van der Waals surface area contributed by atoms with Gasteiger partial charge in [-0.05, 0) is 49.1 Å². The lowest BCUT2D eigenvalue weighted by Crippen LogP contribution is -2.27. The number of halogens is 1. The third-order valence-corrected chi connectivity index (χ3v) is 8.01. The van der Waals surface area contributed by atoms with Crippen molar-refractivity contribution in [2.45, 2.75) is 23.4 Å². The van der Waals surface area contributed by atoms with Crippen LogP contribution in [0.15, 0.2) is 46.2 Å². The van der Waals surface area contributed by atoms with Gasteiger partial charge in [-0.15, -0.1) is 10.2 Å². The predicted molar refractivity (Wildman–Crippen MR) is 128 cm³/mol. The summed E-state index contributed by atoms with van der Waals surface area (Å²) in [7, 11) is 3.96. The van der Waals surface area contributed by atoms with E-state index in [4.69, 9.17) is 9.90 Å². The Morgan fingerprint density at radius 1 is 1.25 bits per heavy atom. The Balaban J connectivity index is 0.000000775. The van der Waals surface area contributed by atoms with Gasteiger partial charge in [-0.25, -0.2) is 0 Å². The number of nitrogens with zero attached hydrogens (tertiary/aromatic N) is 6. The molecule has 1 aliphatic carbocycles. The number of carboxylic acid groups (broad SMARTS) is 1. The van der Waals surface area contributed by atoms with Crippen LogP contribution in [-0.4, -0.2) is 66.4 Å². The van der Waals surface area contributed by atoms with Crippen molar-refractivity contribution in [2.75, 3.05) is 25.4 Å². The van der Waals surface area contributed by atoms with Crippen molar-refractivity contribution < 1.29 is 9.90 Å². The second-order valence-electron chi connectivity index (χ2n) is 8.31. The number of aryl methyl sites for hydroxylation is 1. The largest absolute Gasteiger partial charge is 0.483 e. The smallest absolute Gasteiger partial charge is 0.290 e. The molecule has 2 atom stereocenters. The number of thioether (sulfide) groups is 1. The molecule has 1 aliphatic heterocycles. The maximum atomic E-state index is 8.36. The van der Waals surface area contributed by atoms with Crippen molar-refractivity contribution in [1.29, 1.82) is 0 Å². The first-order chi connectivity index (χ1) is 15.5. The van der Waals surface area contributed by atoms with E-state index in [1.54, 1.807) is 18.0 Å². The van der Waals surface area contributed by atoms with Gasteiger partial charge in [-0.2, -0.15) is 5.10 Å². The SMILES string of the molecule is Cn1nccc1-c1nnc(SCCCN2C[C@@H]3CC3(c3ccc(Br)cc3)C2)n1C.O=CO. The first-order valence-corrected chi connectivity index (χ1v) is 12.3. The molecule has 1 aromatic carbocycles.